The van der Waals surface area contributed by atoms with E-state index in [4.69, 9.17) is 9.73 Å². The minimum atomic E-state index is -0.301. The molecule has 1 aliphatic heterocycles. The molecular formula is C17H17NO. The Balaban J connectivity index is 2.21. The average Bonchev–Trinajstić information content (AvgIpc) is 2.49. The normalized spacial score (nSPS) is 20.7. The Morgan fingerprint density at radius 1 is 1.00 bits per heavy atom. The van der Waals surface area contributed by atoms with Crippen molar-refractivity contribution in [1.82, 2.24) is 0 Å². The number of hydrogen-bond donors (Lipinski definition) is 0. The second kappa shape index (κ2) is 4.88. The van der Waals surface area contributed by atoms with Gasteiger partial charge in [0.25, 0.3) is 0 Å². The highest BCUT2D eigenvalue weighted by atomic mass is 16.5. The first-order valence-corrected chi connectivity index (χ1v) is 6.72. The van der Waals surface area contributed by atoms with Crippen LogP contribution in [0.5, 0.6) is 5.75 Å². The van der Waals surface area contributed by atoms with E-state index in [9.17, 15) is 0 Å². The first-order valence-electron chi connectivity index (χ1n) is 6.72. The molecule has 1 heterocycles. The molecular weight excluding hydrogens is 234 g/mol. The van der Waals surface area contributed by atoms with E-state index in [1.54, 1.807) is 6.40 Å². The molecule has 0 N–H and O–H groups in total. The molecule has 0 aromatic heterocycles. The van der Waals surface area contributed by atoms with Crippen LogP contribution in [0.1, 0.15) is 30.9 Å². The highest BCUT2D eigenvalue weighted by molar-refractivity contribution is 5.62. The van der Waals surface area contributed by atoms with Gasteiger partial charge in [-0.25, -0.2) is 4.99 Å². The molecule has 96 valence electrons. The quantitative estimate of drug-likeness (QED) is 0.803. The summed E-state index contributed by atoms with van der Waals surface area (Å²) < 4.78 is 5.55. The minimum absolute atomic E-state index is 0.301. The van der Waals surface area contributed by atoms with Crippen molar-refractivity contribution in [3.8, 4) is 5.75 Å². The number of benzene rings is 2. The summed E-state index contributed by atoms with van der Waals surface area (Å²) in [6.45, 7) is 2.19. The van der Waals surface area contributed by atoms with Crippen molar-refractivity contribution in [2.45, 2.75) is 25.3 Å². The molecule has 2 heteroatoms. The third-order valence-electron chi connectivity index (χ3n) is 3.65. The number of fused-ring (bicyclic) bond motifs is 1. The smallest absolute Gasteiger partial charge is 0.177 e. The lowest BCUT2D eigenvalue weighted by molar-refractivity contribution is 0.424. The summed E-state index contributed by atoms with van der Waals surface area (Å²) in [4.78, 5) is 4.72. The fourth-order valence-electron chi connectivity index (χ4n) is 2.80. The van der Waals surface area contributed by atoms with Gasteiger partial charge in [0.1, 0.15) is 11.3 Å². The number of ether oxygens (including phenoxy) is 1. The summed E-state index contributed by atoms with van der Waals surface area (Å²) in [5.41, 5.74) is 2.08. The highest BCUT2D eigenvalue weighted by Gasteiger charge is 2.37. The molecule has 0 amide bonds. The first kappa shape index (κ1) is 12.0. The molecule has 3 rings (SSSR count). The standard InChI is InChI=1S/C17H17NO/c1-2-12-17(14-8-4-3-5-9-14)15-10-6-7-11-16(15)19-13-18-17/h3-11,13H,2,12H2,1H3. The summed E-state index contributed by atoms with van der Waals surface area (Å²) in [5, 5.41) is 0. The van der Waals surface area contributed by atoms with Gasteiger partial charge in [-0.05, 0) is 18.1 Å². The largest absolute Gasteiger partial charge is 0.446 e. The van der Waals surface area contributed by atoms with Gasteiger partial charge >= 0.3 is 0 Å². The maximum absolute atomic E-state index is 5.55. The van der Waals surface area contributed by atoms with Crippen LogP contribution < -0.4 is 4.74 Å². The zero-order valence-corrected chi connectivity index (χ0v) is 11.0. The molecule has 0 fully saturated rings. The van der Waals surface area contributed by atoms with Crippen molar-refractivity contribution < 1.29 is 4.74 Å². The van der Waals surface area contributed by atoms with Crippen LogP contribution in [-0.4, -0.2) is 6.40 Å². The van der Waals surface area contributed by atoms with Crippen molar-refractivity contribution in [3.05, 3.63) is 65.7 Å². The first-order chi connectivity index (χ1) is 9.37. The molecule has 2 nitrogen and oxygen atoms in total. The van der Waals surface area contributed by atoms with Gasteiger partial charge in [-0.3, -0.25) is 0 Å². The fraction of sp³-hybridized carbons (Fsp3) is 0.235. The topological polar surface area (TPSA) is 21.6 Å². The zero-order chi connectivity index (χ0) is 13.1. The van der Waals surface area contributed by atoms with Crippen LogP contribution in [0.2, 0.25) is 0 Å². The van der Waals surface area contributed by atoms with Gasteiger partial charge < -0.3 is 4.74 Å². The van der Waals surface area contributed by atoms with Crippen molar-refractivity contribution in [2.75, 3.05) is 0 Å². The second-order valence-electron chi connectivity index (χ2n) is 4.82. The molecule has 0 saturated heterocycles. The Labute approximate surface area is 113 Å². The lowest BCUT2D eigenvalue weighted by atomic mass is 9.79. The average molecular weight is 251 g/mol. The molecule has 0 radical (unpaired) electrons. The van der Waals surface area contributed by atoms with E-state index in [1.807, 2.05) is 18.2 Å². The van der Waals surface area contributed by atoms with E-state index in [-0.39, 0.29) is 5.54 Å². The predicted octanol–water partition coefficient (Wildman–Crippen LogP) is 4.15. The van der Waals surface area contributed by atoms with Gasteiger partial charge in [-0.1, -0.05) is 61.9 Å². The molecule has 0 bridgehead atoms. The Kier molecular flexibility index (Phi) is 3.08. The van der Waals surface area contributed by atoms with E-state index < -0.39 is 0 Å². The third kappa shape index (κ3) is 1.93. The summed E-state index contributed by atoms with van der Waals surface area (Å²) in [6, 6.07) is 18.7. The van der Waals surface area contributed by atoms with Crippen molar-refractivity contribution in [2.24, 2.45) is 4.99 Å². The lowest BCUT2D eigenvalue weighted by Crippen LogP contribution is -2.29. The summed E-state index contributed by atoms with van der Waals surface area (Å²) in [7, 11) is 0. The van der Waals surface area contributed by atoms with E-state index in [0.717, 1.165) is 24.2 Å². The molecule has 0 spiro atoms. The molecule has 0 aliphatic carbocycles. The van der Waals surface area contributed by atoms with Crippen molar-refractivity contribution in [1.29, 1.82) is 0 Å². The van der Waals surface area contributed by atoms with Crippen LogP contribution in [0.25, 0.3) is 0 Å². The maximum Gasteiger partial charge on any atom is 0.177 e. The van der Waals surface area contributed by atoms with Gasteiger partial charge in [-0.2, -0.15) is 0 Å². The monoisotopic (exact) mass is 251 g/mol. The molecule has 0 saturated carbocycles. The second-order valence-corrected chi connectivity index (χ2v) is 4.82. The molecule has 1 unspecified atom stereocenters. The van der Waals surface area contributed by atoms with Crippen LogP contribution in [0.3, 0.4) is 0 Å². The Bertz CT molecular complexity index is 591. The Hall–Kier alpha value is -2.09. The minimum Gasteiger partial charge on any atom is -0.446 e. The molecule has 19 heavy (non-hydrogen) atoms. The molecule has 2 aromatic carbocycles. The van der Waals surface area contributed by atoms with Gasteiger partial charge in [0.15, 0.2) is 6.40 Å². The molecule has 1 atom stereocenters. The van der Waals surface area contributed by atoms with Gasteiger partial charge in [-0.15, -0.1) is 0 Å². The number of para-hydroxylation sites is 1. The Morgan fingerprint density at radius 3 is 2.53 bits per heavy atom. The third-order valence-corrected chi connectivity index (χ3v) is 3.65. The number of hydrogen-bond acceptors (Lipinski definition) is 2. The fourth-order valence-corrected chi connectivity index (χ4v) is 2.80. The summed E-state index contributed by atoms with van der Waals surface area (Å²) in [6.07, 6.45) is 3.64. The summed E-state index contributed by atoms with van der Waals surface area (Å²) in [5.74, 6) is 0.912. The van der Waals surface area contributed by atoms with Crippen molar-refractivity contribution in [3.63, 3.8) is 0 Å². The van der Waals surface area contributed by atoms with E-state index in [1.165, 1.54) is 5.56 Å². The van der Waals surface area contributed by atoms with Crippen LogP contribution in [0, 0.1) is 0 Å². The van der Waals surface area contributed by atoms with Crippen LogP contribution in [-0.2, 0) is 5.54 Å². The predicted molar refractivity (Wildman–Crippen MR) is 77.7 cm³/mol. The SMILES string of the molecule is CCCC1(c2ccccc2)N=COc2ccccc21. The van der Waals surface area contributed by atoms with Crippen LogP contribution >= 0.6 is 0 Å². The molecule has 2 aromatic rings. The highest BCUT2D eigenvalue weighted by Crippen LogP contribution is 2.44. The zero-order valence-electron chi connectivity index (χ0n) is 11.0. The lowest BCUT2D eigenvalue weighted by Gasteiger charge is -2.34. The summed E-state index contributed by atoms with van der Waals surface area (Å²) >= 11 is 0. The van der Waals surface area contributed by atoms with E-state index in [2.05, 4.69) is 43.3 Å². The van der Waals surface area contributed by atoms with Crippen LogP contribution in [0.15, 0.2) is 59.6 Å². The number of aliphatic imine (C=N–C) groups is 1. The number of nitrogens with zero attached hydrogens (tertiary/aromatic N) is 1. The van der Waals surface area contributed by atoms with Crippen molar-refractivity contribution >= 4 is 6.40 Å². The van der Waals surface area contributed by atoms with E-state index in [0.29, 0.717) is 0 Å². The van der Waals surface area contributed by atoms with E-state index >= 15 is 0 Å². The molecule has 1 aliphatic rings. The van der Waals surface area contributed by atoms with Gasteiger partial charge in [0.05, 0.1) is 0 Å². The van der Waals surface area contributed by atoms with Gasteiger partial charge in [0, 0.05) is 5.56 Å². The van der Waals surface area contributed by atoms with Crippen LogP contribution in [0.4, 0.5) is 0 Å². The Morgan fingerprint density at radius 2 is 1.74 bits per heavy atom. The number of rotatable bonds is 3. The maximum atomic E-state index is 5.55. The van der Waals surface area contributed by atoms with Gasteiger partial charge in [0.2, 0.25) is 0 Å².